The van der Waals surface area contributed by atoms with Gasteiger partial charge in [-0.2, -0.15) is 5.26 Å². The Hall–Kier alpha value is -1.01. The molecule has 0 aromatic heterocycles. The minimum atomic E-state index is -0.419. The molecule has 1 saturated carbocycles. The predicted molar refractivity (Wildman–Crippen MR) is 57.1 cm³/mol. The summed E-state index contributed by atoms with van der Waals surface area (Å²) in [6, 6.07) is 5.75. The van der Waals surface area contributed by atoms with Gasteiger partial charge in [-0.25, -0.2) is 0 Å². The number of rotatable bonds is 1. The van der Waals surface area contributed by atoms with E-state index in [9.17, 15) is 5.11 Å². The molecule has 0 saturated heterocycles. The van der Waals surface area contributed by atoms with Gasteiger partial charge in [-0.1, -0.05) is 15.9 Å². The van der Waals surface area contributed by atoms with Gasteiger partial charge in [0.05, 0.1) is 11.5 Å². The number of halogens is 1. The Balaban J connectivity index is 2.64. The van der Waals surface area contributed by atoms with Gasteiger partial charge in [-0.3, -0.25) is 0 Å². The first kappa shape index (κ1) is 9.54. The molecule has 3 heteroatoms. The van der Waals surface area contributed by atoms with Gasteiger partial charge in [0.25, 0.3) is 0 Å². The summed E-state index contributed by atoms with van der Waals surface area (Å²) in [5.74, 6) is 0.241. The molecule has 0 atom stereocenters. The summed E-state index contributed by atoms with van der Waals surface area (Å²) in [5.41, 5.74) is 1.36. The molecular weight excluding hydrogens is 242 g/mol. The maximum absolute atomic E-state index is 9.75. The van der Waals surface area contributed by atoms with E-state index in [1.54, 1.807) is 6.07 Å². The van der Waals surface area contributed by atoms with Crippen LogP contribution in [-0.4, -0.2) is 5.11 Å². The van der Waals surface area contributed by atoms with Gasteiger partial charge in [-0.15, -0.1) is 0 Å². The van der Waals surface area contributed by atoms with Crippen molar-refractivity contribution in [3.63, 3.8) is 0 Å². The number of nitriles is 1. The number of hydrogen-bond donors (Lipinski definition) is 1. The first-order valence-electron chi connectivity index (χ1n) is 4.50. The van der Waals surface area contributed by atoms with Crippen molar-refractivity contribution in [1.29, 1.82) is 5.26 Å². The summed E-state index contributed by atoms with van der Waals surface area (Å²) < 4.78 is 0.951. The molecule has 14 heavy (non-hydrogen) atoms. The molecule has 0 heterocycles. The van der Waals surface area contributed by atoms with E-state index in [4.69, 9.17) is 5.26 Å². The van der Waals surface area contributed by atoms with Crippen molar-refractivity contribution >= 4 is 15.9 Å². The van der Waals surface area contributed by atoms with E-state index >= 15 is 0 Å². The highest BCUT2D eigenvalue weighted by molar-refractivity contribution is 9.10. The number of nitrogens with zero attached hydrogens (tertiary/aromatic N) is 1. The SMILES string of the molecule is Cc1c(Br)ccc(O)c1C1(C#N)CC1. The maximum atomic E-state index is 9.75. The highest BCUT2D eigenvalue weighted by Crippen LogP contribution is 2.52. The molecule has 0 unspecified atom stereocenters. The van der Waals surface area contributed by atoms with Crippen molar-refractivity contribution in [2.24, 2.45) is 0 Å². The largest absolute Gasteiger partial charge is 0.508 e. The Bertz CT molecular complexity index is 430. The monoisotopic (exact) mass is 251 g/mol. The third-order valence-corrected chi connectivity index (χ3v) is 3.68. The second-order valence-corrected chi connectivity index (χ2v) is 4.61. The zero-order valence-corrected chi connectivity index (χ0v) is 9.43. The van der Waals surface area contributed by atoms with Crippen molar-refractivity contribution in [3.05, 3.63) is 27.7 Å². The third kappa shape index (κ3) is 1.22. The minimum absolute atomic E-state index is 0.241. The molecule has 1 aliphatic carbocycles. The smallest absolute Gasteiger partial charge is 0.120 e. The van der Waals surface area contributed by atoms with Gasteiger partial charge < -0.3 is 5.11 Å². The molecule has 1 aromatic carbocycles. The van der Waals surface area contributed by atoms with Gasteiger partial charge in [-0.05, 0) is 37.5 Å². The molecule has 0 aliphatic heterocycles. The standard InChI is InChI=1S/C11H10BrNO/c1-7-8(12)2-3-9(14)10(7)11(6-13)4-5-11/h2-3,14H,4-5H2,1H3. The van der Waals surface area contributed by atoms with Crippen molar-refractivity contribution in [3.8, 4) is 11.8 Å². The summed E-state index contributed by atoms with van der Waals surface area (Å²) in [6.07, 6.45) is 1.71. The van der Waals surface area contributed by atoms with Crippen LogP contribution in [0.1, 0.15) is 24.0 Å². The lowest BCUT2D eigenvalue weighted by Crippen LogP contribution is -2.06. The van der Waals surface area contributed by atoms with Crippen LogP contribution in [0, 0.1) is 18.3 Å². The highest BCUT2D eigenvalue weighted by atomic mass is 79.9. The summed E-state index contributed by atoms with van der Waals surface area (Å²) in [4.78, 5) is 0. The Morgan fingerprint density at radius 2 is 2.14 bits per heavy atom. The Morgan fingerprint density at radius 1 is 1.50 bits per heavy atom. The number of benzene rings is 1. The third-order valence-electron chi connectivity index (χ3n) is 2.82. The first-order valence-corrected chi connectivity index (χ1v) is 5.30. The second kappa shape index (κ2) is 2.99. The molecule has 0 spiro atoms. The topological polar surface area (TPSA) is 44.0 Å². The summed E-state index contributed by atoms with van der Waals surface area (Å²) in [5, 5.41) is 18.8. The van der Waals surface area contributed by atoms with Gasteiger partial charge in [0.2, 0.25) is 0 Å². The van der Waals surface area contributed by atoms with Crippen LogP contribution >= 0.6 is 15.9 Å². The second-order valence-electron chi connectivity index (χ2n) is 3.76. The Labute approximate surface area is 91.3 Å². The lowest BCUT2D eigenvalue weighted by molar-refractivity contribution is 0.464. The highest BCUT2D eigenvalue weighted by Gasteiger charge is 2.47. The summed E-state index contributed by atoms with van der Waals surface area (Å²) in [7, 11) is 0. The maximum Gasteiger partial charge on any atom is 0.120 e. The van der Waals surface area contributed by atoms with Crippen molar-refractivity contribution in [1.82, 2.24) is 0 Å². The molecule has 1 fully saturated rings. The van der Waals surface area contributed by atoms with Crippen LogP contribution in [0.4, 0.5) is 0 Å². The first-order chi connectivity index (χ1) is 6.60. The lowest BCUT2D eigenvalue weighted by Gasteiger charge is -2.13. The van der Waals surface area contributed by atoms with Crippen molar-refractivity contribution in [2.45, 2.75) is 25.2 Å². The van der Waals surface area contributed by atoms with Crippen LogP contribution < -0.4 is 0 Å². The quantitative estimate of drug-likeness (QED) is 0.834. The fourth-order valence-electron chi connectivity index (χ4n) is 1.82. The van der Waals surface area contributed by atoms with Gasteiger partial charge >= 0.3 is 0 Å². The van der Waals surface area contributed by atoms with E-state index in [-0.39, 0.29) is 5.75 Å². The molecule has 1 aromatic rings. The van der Waals surface area contributed by atoms with E-state index in [2.05, 4.69) is 22.0 Å². The molecule has 2 nitrogen and oxygen atoms in total. The number of phenolic OH excluding ortho intramolecular Hbond substituents is 1. The van der Waals surface area contributed by atoms with Crippen molar-refractivity contribution < 1.29 is 5.11 Å². The van der Waals surface area contributed by atoms with Crippen LogP contribution in [0.25, 0.3) is 0 Å². The predicted octanol–water partition coefficient (Wildman–Crippen LogP) is 3.02. The fraction of sp³-hybridized carbons (Fsp3) is 0.364. The van der Waals surface area contributed by atoms with Gasteiger partial charge in [0.15, 0.2) is 0 Å². The van der Waals surface area contributed by atoms with Gasteiger partial charge in [0, 0.05) is 10.0 Å². The minimum Gasteiger partial charge on any atom is -0.508 e. The van der Waals surface area contributed by atoms with E-state index in [0.29, 0.717) is 0 Å². The average Bonchev–Trinajstić information content (AvgIpc) is 2.93. The number of hydrogen-bond acceptors (Lipinski definition) is 2. The molecule has 1 N–H and O–H groups in total. The van der Waals surface area contributed by atoms with Crippen LogP contribution in [0.2, 0.25) is 0 Å². The van der Waals surface area contributed by atoms with Crippen LogP contribution in [0.3, 0.4) is 0 Å². The zero-order chi connectivity index (χ0) is 10.3. The number of phenols is 1. The number of aromatic hydroxyl groups is 1. The average molecular weight is 252 g/mol. The molecule has 0 bridgehead atoms. The lowest BCUT2D eigenvalue weighted by atomic mass is 9.92. The van der Waals surface area contributed by atoms with E-state index in [1.165, 1.54) is 0 Å². The van der Waals surface area contributed by atoms with Crippen LogP contribution in [0.5, 0.6) is 5.75 Å². The molecule has 0 amide bonds. The molecule has 0 radical (unpaired) electrons. The molecular formula is C11H10BrNO. The van der Waals surface area contributed by atoms with E-state index in [1.807, 2.05) is 13.0 Å². The Kier molecular flexibility index (Phi) is 2.04. The van der Waals surface area contributed by atoms with Crippen LogP contribution in [0.15, 0.2) is 16.6 Å². The normalized spacial score (nSPS) is 17.5. The fourth-order valence-corrected chi connectivity index (χ4v) is 2.15. The van der Waals surface area contributed by atoms with Gasteiger partial charge in [0.1, 0.15) is 5.75 Å². The molecule has 2 rings (SSSR count). The summed E-state index contributed by atoms with van der Waals surface area (Å²) in [6.45, 7) is 1.93. The molecule has 72 valence electrons. The van der Waals surface area contributed by atoms with Crippen LogP contribution in [-0.2, 0) is 5.41 Å². The zero-order valence-electron chi connectivity index (χ0n) is 7.84. The summed E-state index contributed by atoms with van der Waals surface area (Å²) >= 11 is 3.41. The van der Waals surface area contributed by atoms with E-state index in [0.717, 1.165) is 28.4 Å². The van der Waals surface area contributed by atoms with Crippen molar-refractivity contribution in [2.75, 3.05) is 0 Å². The Morgan fingerprint density at radius 3 is 2.64 bits per heavy atom. The molecule has 1 aliphatic rings. The van der Waals surface area contributed by atoms with E-state index < -0.39 is 5.41 Å².